The highest BCUT2D eigenvalue weighted by atomic mass is 28.4. The molecule has 0 aromatic heterocycles. The standard InChI is InChI=1S/C18H34O2Si/c1-10-14-16(13(2)3)15(19)11-18(14,7)12-20-21(8,9)17(4,5)6/h10,13-14,16H,1,11-12H2,2-9H3/t14-,16+,18+/m1/s1. The summed E-state index contributed by atoms with van der Waals surface area (Å²) in [5.74, 6) is 1.09. The first kappa shape index (κ1) is 18.6. The summed E-state index contributed by atoms with van der Waals surface area (Å²) in [6.45, 7) is 22.5. The van der Waals surface area contributed by atoms with Gasteiger partial charge < -0.3 is 4.43 Å². The van der Waals surface area contributed by atoms with Gasteiger partial charge in [0.25, 0.3) is 0 Å². The van der Waals surface area contributed by atoms with E-state index < -0.39 is 8.32 Å². The molecule has 1 aliphatic rings. The van der Waals surface area contributed by atoms with Gasteiger partial charge in [0, 0.05) is 24.4 Å². The van der Waals surface area contributed by atoms with Gasteiger partial charge in [-0.25, -0.2) is 0 Å². The third-order valence-electron chi connectivity index (χ3n) is 5.68. The first-order valence-corrected chi connectivity index (χ1v) is 11.1. The zero-order valence-corrected chi connectivity index (χ0v) is 16.2. The van der Waals surface area contributed by atoms with Crippen LogP contribution in [0.5, 0.6) is 0 Å². The first-order valence-electron chi connectivity index (χ1n) is 8.15. The van der Waals surface area contributed by atoms with Crippen molar-refractivity contribution in [1.82, 2.24) is 0 Å². The van der Waals surface area contributed by atoms with Crippen LogP contribution >= 0.6 is 0 Å². The van der Waals surface area contributed by atoms with Crippen LogP contribution in [0.1, 0.15) is 48.0 Å². The Kier molecular flexibility index (Phi) is 5.32. The van der Waals surface area contributed by atoms with Crippen LogP contribution in [0.3, 0.4) is 0 Å². The second-order valence-electron chi connectivity index (χ2n) is 8.88. The maximum atomic E-state index is 12.4. The quantitative estimate of drug-likeness (QED) is 0.524. The lowest BCUT2D eigenvalue weighted by molar-refractivity contribution is -0.122. The Balaban J connectivity index is 2.92. The maximum absolute atomic E-state index is 12.4. The Morgan fingerprint density at radius 3 is 2.33 bits per heavy atom. The third kappa shape index (κ3) is 3.68. The van der Waals surface area contributed by atoms with Gasteiger partial charge >= 0.3 is 0 Å². The summed E-state index contributed by atoms with van der Waals surface area (Å²) in [6.07, 6.45) is 2.62. The molecule has 1 saturated carbocycles. The van der Waals surface area contributed by atoms with Crippen LogP contribution in [0.4, 0.5) is 0 Å². The molecule has 0 aromatic carbocycles. The molecule has 1 aliphatic carbocycles. The monoisotopic (exact) mass is 310 g/mol. The highest BCUT2D eigenvalue weighted by Gasteiger charge is 2.51. The van der Waals surface area contributed by atoms with E-state index in [4.69, 9.17) is 4.43 Å². The molecule has 0 bridgehead atoms. The predicted octanol–water partition coefficient (Wildman–Crippen LogP) is 5.06. The summed E-state index contributed by atoms with van der Waals surface area (Å²) >= 11 is 0. The van der Waals surface area contributed by atoms with Crippen molar-refractivity contribution in [3.8, 4) is 0 Å². The van der Waals surface area contributed by atoms with Crippen molar-refractivity contribution in [3.05, 3.63) is 12.7 Å². The minimum atomic E-state index is -1.78. The zero-order valence-electron chi connectivity index (χ0n) is 15.2. The second kappa shape index (κ2) is 6.00. The smallest absolute Gasteiger partial charge is 0.192 e. The molecular weight excluding hydrogens is 276 g/mol. The number of hydrogen-bond donors (Lipinski definition) is 0. The fourth-order valence-electron chi connectivity index (χ4n) is 3.19. The number of rotatable bonds is 5. The van der Waals surface area contributed by atoms with Crippen LogP contribution in [0, 0.1) is 23.2 Å². The molecular formula is C18H34O2Si. The highest BCUT2D eigenvalue weighted by Crippen LogP contribution is 2.49. The molecule has 0 N–H and O–H groups in total. The van der Waals surface area contributed by atoms with E-state index in [9.17, 15) is 4.79 Å². The van der Waals surface area contributed by atoms with Crippen molar-refractivity contribution in [2.75, 3.05) is 6.61 Å². The van der Waals surface area contributed by atoms with Crippen molar-refractivity contribution in [2.45, 2.75) is 66.1 Å². The number of carbonyl (C=O) groups is 1. The van der Waals surface area contributed by atoms with E-state index in [1.807, 2.05) is 6.08 Å². The summed E-state index contributed by atoms with van der Waals surface area (Å²) < 4.78 is 6.43. The van der Waals surface area contributed by atoms with Crippen LogP contribution in [0.25, 0.3) is 0 Å². The molecule has 0 unspecified atom stereocenters. The van der Waals surface area contributed by atoms with Crippen LogP contribution in [0.15, 0.2) is 12.7 Å². The molecule has 3 atom stereocenters. The Hall–Kier alpha value is -0.413. The lowest BCUT2D eigenvalue weighted by Gasteiger charge is -2.40. The fraction of sp³-hybridized carbons (Fsp3) is 0.833. The van der Waals surface area contributed by atoms with Gasteiger partial charge in [-0.05, 0) is 30.0 Å². The normalized spacial score (nSPS) is 31.0. The van der Waals surface area contributed by atoms with E-state index in [0.29, 0.717) is 24.7 Å². The second-order valence-corrected chi connectivity index (χ2v) is 13.7. The Bertz CT molecular complexity index is 406. The number of carbonyl (C=O) groups excluding carboxylic acids is 1. The molecule has 0 radical (unpaired) electrons. The van der Waals surface area contributed by atoms with Gasteiger partial charge in [-0.3, -0.25) is 4.79 Å². The number of Topliss-reactive ketones (excluding diaryl/α,β-unsaturated/α-hetero) is 1. The van der Waals surface area contributed by atoms with Crippen molar-refractivity contribution in [3.63, 3.8) is 0 Å². The summed E-state index contributed by atoms with van der Waals surface area (Å²) in [6, 6.07) is 0. The van der Waals surface area contributed by atoms with Gasteiger partial charge in [0.2, 0.25) is 0 Å². The summed E-state index contributed by atoms with van der Waals surface area (Å²) in [4.78, 5) is 12.4. The first-order chi connectivity index (χ1) is 9.35. The van der Waals surface area contributed by atoms with E-state index in [1.54, 1.807) is 0 Å². The van der Waals surface area contributed by atoms with Gasteiger partial charge in [0.1, 0.15) is 5.78 Å². The van der Waals surface area contributed by atoms with Crippen LogP contribution in [-0.2, 0) is 9.22 Å². The molecule has 0 amide bonds. The molecule has 0 saturated heterocycles. The van der Waals surface area contributed by atoms with Gasteiger partial charge in [-0.15, -0.1) is 6.58 Å². The van der Waals surface area contributed by atoms with Gasteiger partial charge in [-0.1, -0.05) is 47.6 Å². The zero-order chi connectivity index (χ0) is 16.6. The van der Waals surface area contributed by atoms with E-state index in [-0.39, 0.29) is 22.3 Å². The molecule has 1 fully saturated rings. The van der Waals surface area contributed by atoms with Crippen LogP contribution in [-0.4, -0.2) is 20.7 Å². The largest absolute Gasteiger partial charge is 0.416 e. The fourth-order valence-corrected chi connectivity index (χ4v) is 4.32. The lowest BCUT2D eigenvalue weighted by atomic mass is 9.75. The summed E-state index contributed by atoms with van der Waals surface area (Å²) in [5.41, 5.74) is -0.0940. The number of ketones is 1. The molecule has 0 spiro atoms. The molecule has 2 nitrogen and oxygen atoms in total. The van der Waals surface area contributed by atoms with Crippen LogP contribution < -0.4 is 0 Å². The topological polar surface area (TPSA) is 26.3 Å². The van der Waals surface area contributed by atoms with E-state index in [1.165, 1.54) is 0 Å². The predicted molar refractivity (Wildman–Crippen MR) is 92.9 cm³/mol. The van der Waals surface area contributed by atoms with Crippen LogP contribution in [0.2, 0.25) is 18.1 Å². The number of allylic oxidation sites excluding steroid dienone is 1. The minimum Gasteiger partial charge on any atom is -0.416 e. The molecule has 1 rings (SSSR count). The molecule has 0 heterocycles. The highest BCUT2D eigenvalue weighted by molar-refractivity contribution is 6.74. The van der Waals surface area contributed by atoms with Crippen molar-refractivity contribution in [1.29, 1.82) is 0 Å². The molecule has 122 valence electrons. The van der Waals surface area contributed by atoms with E-state index in [2.05, 4.69) is 61.2 Å². The van der Waals surface area contributed by atoms with Gasteiger partial charge in [0.15, 0.2) is 8.32 Å². The third-order valence-corrected chi connectivity index (χ3v) is 10.2. The van der Waals surface area contributed by atoms with Crippen molar-refractivity contribution < 1.29 is 9.22 Å². The lowest BCUT2D eigenvalue weighted by Crippen LogP contribution is -2.44. The van der Waals surface area contributed by atoms with Gasteiger partial charge in [-0.2, -0.15) is 0 Å². The molecule has 21 heavy (non-hydrogen) atoms. The van der Waals surface area contributed by atoms with Gasteiger partial charge in [0.05, 0.1) is 0 Å². The van der Waals surface area contributed by atoms with E-state index >= 15 is 0 Å². The minimum absolute atomic E-state index is 0.0940. The molecule has 0 aliphatic heterocycles. The number of hydrogen-bond acceptors (Lipinski definition) is 2. The summed E-state index contributed by atoms with van der Waals surface area (Å²) in [5, 5.41) is 0.201. The summed E-state index contributed by atoms with van der Waals surface area (Å²) in [7, 11) is -1.78. The Morgan fingerprint density at radius 1 is 1.43 bits per heavy atom. The maximum Gasteiger partial charge on any atom is 0.192 e. The average molecular weight is 311 g/mol. The van der Waals surface area contributed by atoms with E-state index in [0.717, 1.165) is 0 Å². The van der Waals surface area contributed by atoms with Crippen molar-refractivity contribution in [2.24, 2.45) is 23.2 Å². The SMILES string of the molecule is C=C[C@@H]1[C@H](C(C)C)C(=O)C[C@@]1(C)CO[Si](C)(C)C(C)(C)C. The Labute approximate surface area is 132 Å². The average Bonchev–Trinajstić information content (AvgIpc) is 2.56. The molecule has 0 aromatic rings. The Morgan fingerprint density at radius 2 is 1.95 bits per heavy atom. The molecule has 3 heteroatoms. The van der Waals surface area contributed by atoms with Crippen molar-refractivity contribution >= 4 is 14.1 Å².